The standard InChI is InChI=1S/C18H23N3O3/c1-5-11(3)16(22)19-14-9-7-8-13(10-14)17(23)20-18-15(6-2)12(4)21-24-18/h7-11H,5-6H2,1-4H3,(H,19,22)(H,20,23). The summed E-state index contributed by atoms with van der Waals surface area (Å²) in [6.45, 7) is 7.63. The van der Waals surface area contributed by atoms with Crippen molar-refractivity contribution in [2.24, 2.45) is 5.92 Å². The van der Waals surface area contributed by atoms with Crippen molar-refractivity contribution in [3.8, 4) is 0 Å². The van der Waals surface area contributed by atoms with Gasteiger partial charge >= 0.3 is 0 Å². The summed E-state index contributed by atoms with van der Waals surface area (Å²) < 4.78 is 5.17. The van der Waals surface area contributed by atoms with E-state index in [4.69, 9.17) is 4.52 Å². The molecule has 2 rings (SSSR count). The largest absolute Gasteiger partial charge is 0.338 e. The number of carbonyl (C=O) groups excluding carboxylic acids is 2. The molecule has 0 radical (unpaired) electrons. The molecule has 0 aliphatic carbocycles. The Morgan fingerprint density at radius 2 is 2.00 bits per heavy atom. The molecule has 6 heteroatoms. The third-order valence-corrected chi connectivity index (χ3v) is 4.02. The number of rotatable bonds is 6. The molecule has 0 aliphatic rings. The van der Waals surface area contributed by atoms with Crippen molar-refractivity contribution in [2.75, 3.05) is 10.6 Å². The first kappa shape index (κ1) is 17.7. The van der Waals surface area contributed by atoms with Gasteiger partial charge in [-0.1, -0.05) is 32.0 Å². The smallest absolute Gasteiger partial charge is 0.258 e. The number of carbonyl (C=O) groups is 2. The van der Waals surface area contributed by atoms with Crippen LogP contribution in [-0.2, 0) is 11.2 Å². The minimum absolute atomic E-state index is 0.0609. The Labute approximate surface area is 141 Å². The molecule has 1 atom stereocenters. The van der Waals surface area contributed by atoms with E-state index >= 15 is 0 Å². The van der Waals surface area contributed by atoms with E-state index in [2.05, 4.69) is 15.8 Å². The number of hydrogen-bond acceptors (Lipinski definition) is 4. The summed E-state index contributed by atoms with van der Waals surface area (Å²) in [5.41, 5.74) is 2.68. The Balaban J connectivity index is 2.13. The number of nitrogens with zero attached hydrogens (tertiary/aromatic N) is 1. The topological polar surface area (TPSA) is 84.2 Å². The fraction of sp³-hybridized carbons (Fsp3) is 0.389. The van der Waals surface area contributed by atoms with Crippen LogP contribution < -0.4 is 10.6 Å². The molecule has 128 valence electrons. The Bertz CT molecular complexity index is 737. The first-order chi connectivity index (χ1) is 11.5. The molecule has 0 spiro atoms. The number of hydrogen-bond donors (Lipinski definition) is 2. The van der Waals surface area contributed by atoms with Crippen molar-refractivity contribution < 1.29 is 14.1 Å². The molecule has 6 nitrogen and oxygen atoms in total. The maximum Gasteiger partial charge on any atom is 0.258 e. The van der Waals surface area contributed by atoms with Crippen LogP contribution in [0.15, 0.2) is 28.8 Å². The normalized spacial score (nSPS) is 11.8. The van der Waals surface area contributed by atoms with Gasteiger partial charge in [0, 0.05) is 22.7 Å². The van der Waals surface area contributed by atoms with Crippen LogP contribution in [0, 0.1) is 12.8 Å². The van der Waals surface area contributed by atoms with Crippen LogP contribution in [0.4, 0.5) is 11.6 Å². The second-order valence-corrected chi connectivity index (χ2v) is 5.76. The van der Waals surface area contributed by atoms with E-state index in [1.165, 1.54) is 0 Å². The van der Waals surface area contributed by atoms with E-state index < -0.39 is 0 Å². The van der Waals surface area contributed by atoms with Gasteiger partial charge in [0.25, 0.3) is 5.91 Å². The zero-order chi connectivity index (χ0) is 17.7. The highest BCUT2D eigenvalue weighted by molar-refractivity contribution is 6.05. The highest BCUT2D eigenvalue weighted by Gasteiger charge is 2.16. The van der Waals surface area contributed by atoms with Crippen molar-refractivity contribution in [3.05, 3.63) is 41.1 Å². The zero-order valence-electron chi connectivity index (χ0n) is 14.5. The molecule has 0 saturated carbocycles. The Morgan fingerprint density at radius 1 is 1.25 bits per heavy atom. The van der Waals surface area contributed by atoms with Gasteiger partial charge in [0.15, 0.2) is 0 Å². The number of amides is 2. The predicted molar refractivity (Wildman–Crippen MR) is 93.1 cm³/mol. The van der Waals surface area contributed by atoms with E-state index in [9.17, 15) is 9.59 Å². The first-order valence-corrected chi connectivity index (χ1v) is 8.13. The molecule has 1 aromatic heterocycles. The molecular weight excluding hydrogens is 306 g/mol. The van der Waals surface area contributed by atoms with Gasteiger partial charge < -0.3 is 9.84 Å². The monoisotopic (exact) mass is 329 g/mol. The fourth-order valence-corrected chi connectivity index (χ4v) is 2.27. The Kier molecular flexibility index (Phi) is 5.73. The summed E-state index contributed by atoms with van der Waals surface area (Å²) in [6, 6.07) is 6.81. The summed E-state index contributed by atoms with van der Waals surface area (Å²) in [7, 11) is 0. The minimum Gasteiger partial charge on any atom is -0.338 e. The molecule has 0 saturated heterocycles. The van der Waals surface area contributed by atoms with Gasteiger partial charge in [-0.3, -0.25) is 14.9 Å². The number of anilines is 2. The summed E-state index contributed by atoms with van der Waals surface area (Å²) >= 11 is 0. The number of nitrogens with one attached hydrogen (secondary N) is 2. The summed E-state index contributed by atoms with van der Waals surface area (Å²) in [5, 5.41) is 9.43. The second kappa shape index (κ2) is 7.77. The maximum atomic E-state index is 12.4. The van der Waals surface area contributed by atoms with Gasteiger partial charge in [-0.05, 0) is 38.0 Å². The first-order valence-electron chi connectivity index (χ1n) is 8.13. The zero-order valence-corrected chi connectivity index (χ0v) is 14.5. The molecule has 24 heavy (non-hydrogen) atoms. The average molecular weight is 329 g/mol. The lowest BCUT2D eigenvalue weighted by Gasteiger charge is -2.11. The number of aryl methyl sites for hydroxylation is 1. The highest BCUT2D eigenvalue weighted by atomic mass is 16.5. The molecule has 0 bridgehead atoms. The van der Waals surface area contributed by atoms with Crippen LogP contribution >= 0.6 is 0 Å². The fourth-order valence-electron chi connectivity index (χ4n) is 2.27. The van der Waals surface area contributed by atoms with E-state index in [0.717, 1.165) is 24.1 Å². The molecule has 2 amide bonds. The summed E-state index contributed by atoms with van der Waals surface area (Å²) in [4.78, 5) is 24.4. The lowest BCUT2D eigenvalue weighted by molar-refractivity contribution is -0.119. The van der Waals surface area contributed by atoms with E-state index in [1.807, 2.05) is 27.7 Å². The van der Waals surface area contributed by atoms with E-state index in [1.54, 1.807) is 24.3 Å². The van der Waals surface area contributed by atoms with Crippen molar-refractivity contribution in [2.45, 2.75) is 40.5 Å². The van der Waals surface area contributed by atoms with Crippen LogP contribution in [0.25, 0.3) is 0 Å². The number of aromatic nitrogens is 1. The van der Waals surface area contributed by atoms with Gasteiger partial charge in [0.05, 0.1) is 5.69 Å². The van der Waals surface area contributed by atoms with E-state index in [0.29, 0.717) is 17.1 Å². The van der Waals surface area contributed by atoms with Crippen LogP contribution in [0.2, 0.25) is 0 Å². The van der Waals surface area contributed by atoms with Gasteiger partial charge in [-0.2, -0.15) is 0 Å². The van der Waals surface area contributed by atoms with Gasteiger partial charge in [-0.25, -0.2) is 0 Å². The predicted octanol–water partition coefficient (Wildman–Crippen LogP) is 3.78. The summed E-state index contributed by atoms with van der Waals surface area (Å²) in [5.74, 6) is -0.0736. The van der Waals surface area contributed by atoms with Crippen LogP contribution in [0.1, 0.15) is 48.8 Å². The Morgan fingerprint density at radius 3 is 2.67 bits per heavy atom. The molecule has 1 heterocycles. The van der Waals surface area contributed by atoms with Crippen molar-refractivity contribution in [1.29, 1.82) is 0 Å². The third kappa shape index (κ3) is 4.01. The molecule has 2 aromatic rings. The van der Waals surface area contributed by atoms with E-state index in [-0.39, 0.29) is 17.7 Å². The van der Waals surface area contributed by atoms with Crippen LogP contribution in [-0.4, -0.2) is 17.0 Å². The lowest BCUT2D eigenvalue weighted by Crippen LogP contribution is -2.20. The lowest BCUT2D eigenvalue weighted by atomic mass is 10.1. The molecule has 1 unspecified atom stereocenters. The minimum atomic E-state index is -0.305. The van der Waals surface area contributed by atoms with Crippen molar-refractivity contribution in [3.63, 3.8) is 0 Å². The second-order valence-electron chi connectivity index (χ2n) is 5.76. The van der Waals surface area contributed by atoms with Crippen LogP contribution in [0.3, 0.4) is 0 Å². The quantitative estimate of drug-likeness (QED) is 0.844. The van der Waals surface area contributed by atoms with Crippen LogP contribution in [0.5, 0.6) is 0 Å². The molecule has 0 fully saturated rings. The third-order valence-electron chi connectivity index (χ3n) is 4.02. The molecule has 0 aliphatic heterocycles. The summed E-state index contributed by atoms with van der Waals surface area (Å²) in [6.07, 6.45) is 1.48. The Hall–Kier alpha value is -2.63. The van der Waals surface area contributed by atoms with Crippen molar-refractivity contribution in [1.82, 2.24) is 5.16 Å². The molecular formula is C18H23N3O3. The molecule has 2 N–H and O–H groups in total. The van der Waals surface area contributed by atoms with Gasteiger partial charge in [0.2, 0.25) is 11.8 Å². The maximum absolute atomic E-state index is 12.4. The van der Waals surface area contributed by atoms with Gasteiger partial charge in [-0.15, -0.1) is 0 Å². The van der Waals surface area contributed by atoms with Gasteiger partial charge in [0.1, 0.15) is 0 Å². The average Bonchev–Trinajstić information content (AvgIpc) is 2.93. The molecule has 1 aromatic carbocycles. The number of benzene rings is 1. The highest BCUT2D eigenvalue weighted by Crippen LogP contribution is 2.21. The SMILES string of the molecule is CCc1c(C)noc1NC(=O)c1cccc(NC(=O)C(C)CC)c1. The van der Waals surface area contributed by atoms with Crippen molar-refractivity contribution >= 4 is 23.4 Å².